The number of carbonyl (C=O) groups excluding carboxylic acids is 1. The summed E-state index contributed by atoms with van der Waals surface area (Å²) in [6, 6.07) is 7.66. The van der Waals surface area contributed by atoms with E-state index in [0.717, 1.165) is 24.2 Å². The molecule has 0 bridgehead atoms. The van der Waals surface area contributed by atoms with Crippen LogP contribution in [0.15, 0.2) is 24.3 Å². The van der Waals surface area contributed by atoms with Crippen molar-refractivity contribution in [1.82, 2.24) is 4.90 Å². The van der Waals surface area contributed by atoms with Crippen LogP contribution in [0, 0.1) is 0 Å². The summed E-state index contributed by atoms with van der Waals surface area (Å²) < 4.78 is 10.1. The molecule has 1 heterocycles. The van der Waals surface area contributed by atoms with Crippen molar-refractivity contribution in [1.29, 1.82) is 0 Å². The maximum Gasteiger partial charge on any atom is 0.329 e. The van der Waals surface area contributed by atoms with E-state index in [-0.39, 0.29) is 18.6 Å². The fraction of sp³-hybridized carbons (Fsp3) is 0.467. The molecule has 21 heavy (non-hydrogen) atoms. The summed E-state index contributed by atoms with van der Waals surface area (Å²) in [6.07, 6.45) is 1.81. The number of aliphatic carboxylic acids is 1. The van der Waals surface area contributed by atoms with Crippen LogP contribution in [-0.2, 0) is 14.3 Å². The van der Waals surface area contributed by atoms with Gasteiger partial charge in [0, 0.05) is 6.54 Å². The van der Waals surface area contributed by atoms with Gasteiger partial charge in [0.25, 0.3) is 0 Å². The first kappa shape index (κ1) is 15.3. The molecule has 6 nitrogen and oxygen atoms in total. The summed E-state index contributed by atoms with van der Waals surface area (Å²) in [4.78, 5) is 24.3. The Morgan fingerprint density at radius 2 is 2.19 bits per heavy atom. The second kappa shape index (κ2) is 7.08. The van der Waals surface area contributed by atoms with Gasteiger partial charge in [0.05, 0.1) is 13.2 Å². The molecular formula is C15H19NO5. The lowest BCUT2D eigenvalue weighted by Gasteiger charge is -2.25. The fourth-order valence-electron chi connectivity index (χ4n) is 2.57. The van der Waals surface area contributed by atoms with Crippen molar-refractivity contribution in [3.8, 4) is 5.75 Å². The predicted molar refractivity (Wildman–Crippen MR) is 75.1 cm³/mol. The van der Waals surface area contributed by atoms with Crippen LogP contribution in [0.2, 0.25) is 0 Å². The van der Waals surface area contributed by atoms with Crippen molar-refractivity contribution in [3.63, 3.8) is 0 Å². The van der Waals surface area contributed by atoms with E-state index >= 15 is 0 Å². The van der Waals surface area contributed by atoms with Crippen LogP contribution in [0.1, 0.15) is 24.4 Å². The molecule has 0 saturated carbocycles. The molecule has 1 fully saturated rings. The maximum absolute atomic E-state index is 12.1. The van der Waals surface area contributed by atoms with Crippen LogP contribution in [0.3, 0.4) is 0 Å². The third kappa shape index (κ3) is 3.95. The molecule has 114 valence electrons. The molecule has 1 N–H and O–H groups in total. The molecule has 0 aromatic heterocycles. The standard InChI is InChI=1S/C15H19NO5/c1-20-12-5-2-4-11(8-12)13-6-3-7-16(13)14(17)9-21-10-15(18)19/h2,4-5,8,13H,3,6-7,9-10H2,1H3,(H,18,19). The number of carboxylic acids is 1. The molecule has 1 saturated heterocycles. The average Bonchev–Trinajstić information content (AvgIpc) is 2.96. The van der Waals surface area contributed by atoms with Crippen LogP contribution < -0.4 is 4.74 Å². The number of likely N-dealkylation sites (tertiary alicyclic amines) is 1. The molecule has 1 atom stereocenters. The number of amides is 1. The van der Waals surface area contributed by atoms with Gasteiger partial charge >= 0.3 is 5.97 Å². The third-order valence-corrected chi connectivity index (χ3v) is 3.50. The highest BCUT2D eigenvalue weighted by Crippen LogP contribution is 2.33. The minimum atomic E-state index is -1.08. The number of hydrogen-bond acceptors (Lipinski definition) is 4. The number of hydrogen-bond donors (Lipinski definition) is 1. The first-order chi connectivity index (χ1) is 10.1. The van der Waals surface area contributed by atoms with Gasteiger partial charge in [0.15, 0.2) is 0 Å². The number of nitrogens with zero attached hydrogens (tertiary/aromatic N) is 1. The van der Waals surface area contributed by atoms with Crippen molar-refractivity contribution >= 4 is 11.9 Å². The summed E-state index contributed by atoms with van der Waals surface area (Å²) in [5.74, 6) is -0.496. The first-order valence-electron chi connectivity index (χ1n) is 6.85. The van der Waals surface area contributed by atoms with Gasteiger partial charge in [-0.1, -0.05) is 12.1 Å². The van der Waals surface area contributed by atoms with Crippen LogP contribution in [0.25, 0.3) is 0 Å². The van der Waals surface area contributed by atoms with Crippen LogP contribution in [0.4, 0.5) is 0 Å². The summed E-state index contributed by atoms with van der Waals surface area (Å²) >= 11 is 0. The monoisotopic (exact) mass is 293 g/mol. The molecule has 0 spiro atoms. The van der Waals surface area contributed by atoms with Gasteiger partial charge in [-0.05, 0) is 30.5 Å². The van der Waals surface area contributed by atoms with E-state index in [9.17, 15) is 9.59 Å². The van der Waals surface area contributed by atoms with Gasteiger partial charge in [0.2, 0.25) is 5.91 Å². The third-order valence-electron chi connectivity index (χ3n) is 3.50. The summed E-state index contributed by atoms with van der Waals surface area (Å²) in [7, 11) is 1.61. The topological polar surface area (TPSA) is 76.1 Å². The zero-order valence-corrected chi connectivity index (χ0v) is 11.9. The molecule has 1 aliphatic heterocycles. The van der Waals surface area contributed by atoms with E-state index < -0.39 is 12.6 Å². The highest BCUT2D eigenvalue weighted by molar-refractivity contribution is 5.78. The molecule has 1 unspecified atom stereocenters. The van der Waals surface area contributed by atoms with Crippen molar-refractivity contribution in [2.45, 2.75) is 18.9 Å². The van der Waals surface area contributed by atoms with Gasteiger partial charge in [-0.25, -0.2) is 4.79 Å². The number of methoxy groups -OCH3 is 1. The summed E-state index contributed by atoms with van der Waals surface area (Å²) in [5.41, 5.74) is 1.03. The number of benzene rings is 1. The molecule has 0 radical (unpaired) electrons. The summed E-state index contributed by atoms with van der Waals surface area (Å²) in [6.45, 7) is 0.00726. The lowest BCUT2D eigenvalue weighted by Crippen LogP contribution is -2.34. The second-order valence-corrected chi connectivity index (χ2v) is 4.91. The van der Waals surface area contributed by atoms with Crippen LogP contribution >= 0.6 is 0 Å². The second-order valence-electron chi connectivity index (χ2n) is 4.91. The molecule has 0 aliphatic carbocycles. The zero-order valence-electron chi connectivity index (χ0n) is 11.9. The number of carboxylic acid groups (broad SMARTS) is 1. The van der Waals surface area contributed by atoms with Crippen molar-refractivity contribution in [3.05, 3.63) is 29.8 Å². The number of carbonyl (C=O) groups is 2. The zero-order chi connectivity index (χ0) is 15.2. The Morgan fingerprint density at radius 1 is 1.38 bits per heavy atom. The highest BCUT2D eigenvalue weighted by atomic mass is 16.5. The van der Waals surface area contributed by atoms with Gasteiger partial charge in [-0.2, -0.15) is 0 Å². The van der Waals surface area contributed by atoms with Crippen LogP contribution in [-0.4, -0.2) is 48.8 Å². The molecule has 1 aliphatic rings. The Balaban J connectivity index is 2.02. The van der Waals surface area contributed by atoms with E-state index in [1.54, 1.807) is 12.0 Å². The Hall–Kier alpha value is -2.08. The largest absolute Gasteiger partial charge is 0.497 e. The fourth-order valence-corrected chi connectivity index (χ4v) is 2.57. The SMILES string of the molecule is COc1cccc(C2CCCN2C(=O)COCC(=O)O)c1. The normalized spacial score (nSPS) is 17.8. The predicted octanol–water partition coefficient (Wildman–Crippen LogP) is 1.46. The van der Waals surface area contributed by atoms with Gasteiger partial charge in [0.1, 0.15) is 19.0 Å². The Labute approximate surface area is 123 Å². The molecule has 6 heteroatoms. The quantitative estimate of drug-likeness (QED) is 0.859. The molecule has 1 aromatic carbocycles. The van der Waals surface area contributed by atoms with E-state index in [1.807, 2.05) is 24.3 Å². The van der Waals surface area contributed by atoms with E-state index in [0.29, 0.717) is 6.54 Å². The molecule has 1 amide bonds. The number of rotatable bonds is 6. The summed E-state index contributed by atoms with van der Waals surface area (Å²) in [5, 5.41) is 8.52. The van der Waals surface area contributed by atoms with E-state index in [4.69, 9.17) is 14.6 Å². The lowest BCUT2D eigenvalue weighted by molar-refractivity contribution is -0.146. The van der Waals surface area contributed by atoms with Gasteiger partial charge < -0.3 is 19.5 Å². The first-order valence-corrected chi connectivity index (χ1v) is 6.85. The number of ether oxygens (including phenoxy) is 2. The smallest absolute Gasteiger partial charge is 0.329 e. The Kier molecular flexibility index (Phi) is 5.16. The highest BCUT2D eigenvalue weighted by Gasteiger charge is 2.30. The van der Waals surface area contributed by atoms with E-state index in [2.05, 4.69) is 0 Å². The minimum absolute atomic E-state index is 0.000952. The maximum atomic E-state index is 12.1. The Bertz CT molecular complexity index is 517. The van der Waals surface area contributed by atoms with Crippen molar-refractivity contribution in [2.24, 2.45) is 0 Å². The Morgan fingerprint density at radius 3 is 2.90 bits per heavy atom. The minimum Gasteiger partial charge on any atom is -0.497 e. The average molecular weight is 293 g/mol. The van der Waals surface area contributed by atoms with Gasteiger partial charge in [-0.3, -0.25) is 4.79 Å². The van der Waals surface area contributed by atoms with Crippen molar-refractivity contribution < 1.29 is 24.2 Å². The molecule has 2 rings (SSSR count). The van der Waals surface area contributed by atoms with Crippen molar-refractivity contribution in [2.75, 3.05) is 26.9 Å². The lowest BCUT2D eigenvalue weighted by atomic mass is 10.0. The van der Waals surface area contributed by atoms with Gasteiger partial charge in [-0.15, -0.1) is 0 Å². The molecular weight excluding hydrogens is 274 g/mol. The van der Waals surface area contributed by atoms with Crippen LogP contribution in [0.5, 0.6) is 5.75 Å². The van der Waals surface area contributed by atoms with E-state index in [1.165, 1.54) is 0 Å². The molecule has 1 aromatic rings.